The van der Waals surface area contributed by atoms with Gasteiger partial charge in [-0.05, 0) is 17.0 Å². The van der Waals surface area contributed by atoms with Gasteiger partial charge in [-0.2, -0.15) is 8.42 Å². The minimum Gasteiger partial charge on any atom is -0.545 e. The maximum Gasteiger partial charge on any atom is 1.00 e. The molecule has 0 aliphatic heterocycles. The molecule has 0 unspecified atom stereocenters. The summed E-state index contributed by atoms with van der Waals surface area (Å²) in [5.74, 6) is -3.24. The van der Waals surface area contributed by atoms with Crippen molar-refractivity contribution in [1.82, 2.24) is 0 Å². The second kappa shape index (κ2) is 7.89. The Morgan fingerprint density at radius 1 is 0.955 bits per heavy atom. The van der Waals surface area contributed by atoms with Gasteiger partial charge >= 0.3 is 59.1 Å². The molecule has 10 heteroatoms. The molecule has 0 atom stereocenters. The van der Waals surface area contributed by atoms with Gasteiger partial charge in [-0.3, -0.25) is 4.55 Å². The van der Waals surface area contributed by atoms with Crippen LogP contribution < -0.4 is 69.3 Å². The first-order valence-electron chi connectivity index (χ1n) is 5.19. The van der Waals surface area contributed by atoms with E-state index in [1.54, 1.807) is 0 Å². The number of carbonyl (C=O) groups excluding carboxylic acids is 2. The molecule has 0 bridgehead atoms. The van der Waals surface area contributed by atoms with Crippen molar-refractivity contribution in [3.63, 3.8) is 0 Å². The summed E-state index contributed by atoms with van der Waals surface area (Å²) in [6.45, 7) is 0. The van der Waals surface area contributed by atoms with Gasteiger partial charge in [-0.25, -0.2) is 0 Å². The fraction of sp³-hybridized carbons (Fsp3) is 0. The zero-order valence-electron chi connectivity index (χ0n) is 11.7. The Kier molecular flexibility index (Phi) is 7.73. The number of aromatic carboxylic acids is 2. The van der Waals surface area contributed by atoms with Gasteiger partial charge in [0, 0.05) is 10.9 Å². The van der Waals surface area contributed by atoms with Crippen LogP contribution in [0.5, 0.6) is 0 Å². The van der Waals surface area contributed by atoms with Crippen LogP contribution in [0, 0.1) is 0 Å². The summed E-state index contributed by atoms with van der Waals surface area (Å²) in [4.78, 5) is 20.8. The van der Waals surface area contributed by atoms with Crippen molar-refractivity contribution in [2.75, 3.05) is 0 Å². The molecule has 22 heavy (non-hydrogen) atoms. The average molecular weight is 340 g/mol. The molecule has 0 amide bonds. The van der Waals surface area contributed by atoms with Crippen LogP contribution >= 0.6 is 0 Å². The fourth-order valence-electron chi connectivity index (χ4n) is 1.87. The van der Waals surface area contributed by atoms with Crippen molar-refractivity contribution in [3.05, 3.63) is 41.5 Å². The van der Waals surface area contributed by atoms with Crippen LogP contribution in [0.3, 0.4) is 0 Å². The van der Waals surface area contributed by atoms with Crippen molar-refractivity contribution < 1.29 is 91.9 Å². The minimum atomic E-state index is -4.82. The second-order valence-electron chi connectivity index (χ2n) is 3.93. The van der Waals surface area contributed by atoms with Crippen LogP contribution in [0.25, 0.3) is 10.8 Å². The summed E-state index contributed by atoms with van der Waals surface area (Å²) in [6, 6.07) is 5.36. The normalized spacial score (nSPS) is 10.4. The first kappa shape index (κ1) is 21.6. The molecule has 2 aromatic rings. The maximum absolute atomic E-state index is 11.3. The fourth-order valence-corrected chi connectivity index (χ4v) is 2.76. The van der Waals surface area contributed by atoms with E-state index >= 15 is 0 Å². The van der Waals surface area contributed by atoms with Gasteiger partial charge in [-0.1, -0.05) is 24.3 Å². The number of hydrogen-bond acceptors (Lipinski definition) is 6. The Bertz CT molecular complexity index is 846. The third-order valence-electron chi connectivity index (χ3n) is 2.68. The summed E-state index contributed by atoms with van der Waals surface area (Å²) in [7, 11) is -4.82. The molecule has 0 aliphatic rings. The number of carboxylic acid groups (broad SMARTS) is 2. The zero-order valence-corrected chi connectivity index (χ0v) is 16.5. The topological polar surface area (TPSA) is 135 Å². The van der Waals surface area contributed by atoms with E-state index in [-0.39, 0.29) is 75.5 Å². The molecule has 0 heterocycles. The van der Waals surface area contributed by atoms with Gasteiger partial charge in [0.15, 0.2) is 0 Å². The molecule has 0 aliphatic carbocycles. The predicted molar refractivity (Wildman–Crippen MR) is 62.4 cm³/mol. The molecule has 1 N–H and O–H groups in total. The van der Waals surface area contributed by atoms with Gasteiger partial charge < -0.3 is 19.8 Å². The predicted octanol–water partition coefficient (Wildman–Crippen LogP) is -7.18. The van der Waals surface area contributed by atoms with Gasteiger partial charge in [0.2, 0.25) is 0 Å². The first-order valence-corrected chi connectivity index (χ1v) is 6.63. The molecule has 2 aromatic carbocycles. The Morgan fingerprint density at radius 3 is 2.00 bits per heavy atom. The monoisotopic (exact) mass is 340 g/mol. The van der Waals surface area contributed by atoms with E-state index in [4.69, 9.17) is 4.55 Å². The van der Waals surface area contributed by atoms with Gasteiger partial charge in [0.1, 0.15) is 4.90 Å². The summed E-state index contributed by atoms with van der Waals surface area (Å²) in [6.07, 6.45) is 0. The number of hydrogen-bond donors (Lipinski definition) is 1. The molecule has 2 rings (SSSR count). The van der Waals surface area contributed by atoms with E-state index in [0.29, 0.717) is 0 Å². The number of carbonyl (C=O) groups is 2. The van der Waals surface area contributed by atoms with Crippen molar-refractivity contribution in [2.24, 2.45) is 0 Å². The Morgan fingerprint density at radius 2 is 1.55 bits per heavy atom. The van der Waals surface area contributed by atoms with Crippen molar-refractivity contribution in [1.29, 1.82) is 0 Å². The Hall–Kier alpha value is -0.450. The number of carboxylic acids is 2. The summed E-state index contributed by atoms with van der Waals surface area (Å²) < 4.78 is 31.8. The third-order valence-corrected chi connectivity index (χ3v) is 3.64. The van der Waals surface area contributed by atoms with Gasteiger partial charge in [-0.15, -0.1) is 0 Å². The van der Waals surface area contributed by atoms with Crippen LogP contribution in [-0.4, -0.2) is 24.9 Å². The van der Waals surface area contributed by atoms with Crippen LogP contribution in [0.15, 0.2) is 35.2 Å². The molecule has 0 fully saturated rings. The molecule has 0 spiro atoms. The van der Waals surface area contributed by atoms with Crippen LogP contribution in [0.2, 0.25) is 0 Å². The van der Waals surface area contributed by atoms with E-state index < -0.39 is 32.5 Å². The van der Waals surface area contributed by atoms with E-state index in [9.17, 15) is 28.2 Å². The maximum atomic E-state index is 11.3. The van der Waals surface area contributed by atoms with Crippen LogP contribution in [-0.2, 0) is 10.1 Å². The number of benzene rings is 2. The summed E-state index contributed by atoms with van der Waals surface area (Å²) in [5, 5.41) is 21.6. The SMILES string of the molecule is O=C([O-])c1ccc2c(S(=O)(=O)O)c(C(=O)[O-])ccc2c1.[Na+].[Na+]. The summed E-state index contributed by atoms with van der Waals surface area (Å²) >= 11 is 0. The molecular weight excluding hydrogens is 334 g/mol. The molecule has 7 nitrogen and oxygen atoms in total. The van der Waals surface area contributed by atoms with Crippen LogP contribution in [0.1, 0.15) is 20.7 Å². The molecular formula is C12H6Na2O7S. The first-order chi connectivity index (χ1) is 9.21. The Labute approximate surface area is 169 Å². The van der Waals surface area contributed by atoms with Crippen molar-refractivity contribution in [2.45, 2.75) is 4.90 Å². The summed E-state index contributed by atoms with van der Waals surface area (Å²) in [5.41, 5.74) is -0.916. The standard InChI is InChI=1S/C12H8O7S.2Na/c13-11(14)7-2-3-8-6(5-7)1-4-9(12(15)16)10(8)20(17,18)19;;/h1-5H,(H,13,14)(H,15,16)(H,17,18,19);;/q;2*+1/p-2. The quantitative estimate of drug-likeness (QED) is 0.433. The number of rotatable bonds is 3. The smallest absolute Gasteiger partial charge is 0.545 e. The Balaban J connectivity index is 0.00000220. The molecule has 0 aromatic heterocycles. The largest absolute Gasteiger partial charge is 1.00 e. The van der Waals surface area contributed by atoms with E-state index in [1.165, 1.54) is 6.07 Å². The van der Waals surface area contributed by atoms with E-state index in [2.05, 4.69) is 0 Å². The van der Waals surface area contributed by atoms with E-state index in [1.807, 2.05) is 0 Å². The third kappa shape index (κ3) is 4.30. The van der Waals surface area contributed by atoms with Gasteiger partial charge in [0.25, 0.3) is 10.1 Å². The zero-order chi connectivity index (χ0) is 15.1. The average Bonchev–Trinajstić information content (AvgIpc) is 2.35. The van der Waals surface area contributed by atoms with E-state index in [0.717, 1.165) is 24.3 Å². The molecule has 0 radical (unpaired) electrons. The van der Waals surface area contributed by atoms with Crippen molar-refractivity contribution in [3.8, 4) is 0 Å². The second-order valence-corrected chi connectivity index (χ2v) is 5.29. The minimum absolute atomic E-state index is 0. The molecule has 0 saturated heterocycles. The number of fused-ring (bicyclic) bond motifs is 1. The molecule has 104 valence electrons. The molecule has 0 saturated carbocycles. The van der Waals surface area contributed by atoms with Gasteiger partial charge in [0.05, 0.1) is 11.9 Å². The van der Waals surface area contributed by atoms with Crippen LogP contribution in [0.4, 0.5) is 0 Å². The van der Waals surface area contributed by atoms with Crippen molar-refractivity contribution >= 4 is 32.8 Å².